The molecule has 1 atom stereocenters. The molecule has 2 N–H and O–H groups in total. The molecule has 0 aliphatic carbocycles. The minimum absolute atomic E-state index is 0.466. The summed E-state index contributed by atoms with van der Waals surface area (Å²) < 4.78 is 10.5. The molecule has 0 saturated carbocycles. The highest BCUT2D eigenvalue weighted by Crippen LogP contribution is 2.24. The number of aryl methyl sites for hydroxylation is 2. The fourth-order valence-corrected chi connectivity index (χ4v) is 1.98. The Morgan fingerprint density at radius 1 is 1.40 bits per heavy atom. The fourth-order valence-electron chi connectivity index (χ4n) is 1.98. The Hall–Kier alpha value is -1.88. The molecule has 1 unspecified atom stereocenters. The predicted molar refractivity (Wildman–Crippen MR) is 77.6 cm³/mol. The molecule has 1 aromatic carbocycles. The molecule has 108 valence electrons. The van der Waals surface area contributed by atoms with Gasteiger partial charge in [0.15, 0.2) is 0 Å². The molecule has 0 saturated heterocycles. The third-order valence-corrected chi connectivity index (χ3v) is 3.37. The lowest BCUT2D eigenvalue weighted by molar-refractivity contribution is 0.366. The van der Waals surface area contributed by atoms with Crippen LogP contribution in [0.1, 0.15) is 24.8 Å². The zero-order valence-electron chi connectivity index (χ0n) is 12.2. The maximum Gasteiger partial charge on any atom is 0.226 e. The van der Waals surface area contributed by atoms with E-state index in [1.54, 1.807) is 7.11 Å². The predicted octanol–water partition coefficient (Wildman–Crippen LogP) is 2.58. The molecule has 20 heavy (non-hydrogen) atoms. The molecular formula is C15H21N3O2. The summed E-state index contributed by atoms with van der Waals surface area (Å²) in [5.74, 6) is 2.60. The van der Waals surface area contributed by atoms with Crippen LogP contribution >= 0.6 is 0 Å². The van der Waals surface area contributed by atoms with E-state index in [4.69, 9.17) is 15.0 Å². The van der Waals surface area contributed by atoms with Crippen molar-refractivity contribution in [3.05, 3.63) is 29.7 Å². The maximum absolute atomic E-state index is 5.60. The van der Waals surface area contributed by atoms with Gasteiger partial charge in [0.25, 0.3) is 0 Å². The average molecular weight is 275 g/mol. The number of rotatable bonds is 6. The number of ether oxygens (including phenoxy) is 1. The van der Waals surface area contributed by atoms with E-state index in [1.807, 2.05) is 25.1 Å². The number of nitrogens with zero attached hydrogens (tertiary/aromatic N) is 2. The first-order valence-corrected chi connectivity index (χ1v) is 6.81. The van der Waals surface area contributed by atoms with Gasteiger partial charge in [-0.2, -0.15) is 4.98 Å². The molecule has 0 bridgehead atoms. The van der Waals surface area contributed by atoms with Gasteiger partial charge in [-0.15, -0.1) is 0 Å². The van der Waals surface area contributed by atoms with Crippen molar-refractivity contribution < 1.29 is 9.26 Å². The van der Waals surface area contributed by atoms with Crippen LogP contribution in [0.5, 0.6) is 5.75 Å². The minimum Gasteiger partial charge on any atom is -0.496 e. The molecule has 5 nitrogen and oxygen atoms in total. The second kappa shape index (κ2) is 6.52. The van der Waals surface area contributed by atoms with Gasteiger partial charge in [0.1, 0.15) is 5.75 Å². The summed E-state index contributed by atoms with van der Waals surface area (Å²) in [4.78, 5) is 4.42. The number of aromatic nitrogens is 2. The first-order chi connectivity index (χ1) is 9.63. The quantitative estimate of drug-likeness (QED) is 0.877. The summed E-state index contributed by atoms with van der Waals surface area (Å²) in [6.07, 6.45) is 1.72. The van der Waals surface area contributed by atoms with Gasteiger partial charge < -0.3 is 15.0 Å². The Bertz CT molecular complexity index is 566. The minimum atomic E-state index is 0.466. The van der Waals surface area contributed by atoms with Crippen LogP contribution in [0.2, 0.25) is 0 Å². The first-order valence-electron chi connectivity index (χ1n) is 6.81. The highest BCUT2D eigenvalue weighted by Gasteiger charge is 2.11. The van der Waals surface area contributed by atoms with Crippen molar-refractivity contribution in [1.29, 1.82) is 0 Å². The van der Waals surface area contributed by atoms with E-state index >= 15 is 0 Å². The van der Waals surface area contributed by atoms with E-state index in [0.717, 1.165) is 29.7 Å². The van der Waals surface area contributed by atoms with E-state index < -0.39 is 0 Å². The molecule has 0 aliphatic rings. The fraction of sp³-hybridized carbons (Fsp3) is 0.467. The number of methoxy groups -OCH3 is 1. The lowest BCUT2D eigenvalue weighted by atomic mass is 10.1. The molecule has 5 heteroatoms. The monoisotopic (exact) mass is 275 g/mol. The van der Waals surface area contributed by atoms with E-state index in [9.17, 15) is 0 Å². The lowest BCUT2D eigenvalue weighted by Gasteiger charge is -2.05. The average Bonchev–Trinajstić information content (AvgIpc) is 2.93. The van der Waals surface area contributed by atoms with Crippen LogP contribution in [0, 0.1) is 12.8 Å². The topological polar surface area (TPSA) is 74.2 Å². The van der Waals surface area contributed by atoms with Crippen molar-refractivity contribution >= 4 is 0 Å². The Morgan fingerprint density at radius 3 is 2.85 bits per heavy atom. The summed E-state index contributed by atoms with van der Waals surface area (Å²) in [6.45, 7) is 4.79. The highest BCUT2D eigenvalue weighted by atomic mass is 16.5. The van der Waals surface area contributed by atoms with Gasteiger partial charge in [0, 0.05) is 12.0 Å². The van der Waals surface area contributed by atoms with E-state index in [1.165, 1.54) is 0 Å². The van der Waals surface area contributed by atoms with Crippen LogP contribution in [-0.4, -0.2) is 23.8 Å². The molecule has 0 aliphatic heterocycles. The van der Waals surface area contributed by atoms with Gasteiger partial charge in [-0.1, -0.05) is 12.1 Å². The molecule has 2 rings (SSSR count). The zero-order chi connectivity index (χ0) is 14.5. The summed E-state index contributed by atoms with van der Waals surface area (Å²) in [6, 6.07) is 5.84. The normalized spacial score (nSPS) is 12.4. The molecule has 0 fully saturated rings. The molecule has 1 heterocycles. The third-order valence-electron chi connectivity index (χ3n) is 3.37. The van der Waals surface area contributed by atoms with Crippen molar-refractivity contribution in [3.8, 4) is 17.1 Å². The van der Waals surface area contributed by atoms with Crippen LogP contribution < -0.4 is 10.5 Å². The number of hydrogen-bond donors (Lipinski definition) is 1. The Kier molecular flexibility index (Phi) is 4.74. The van der Waals surface area contributed by atoms with E-state index in [0.29, 0.717) is 24.2 Å². The molecule has 2 aromatic rings. The van der Waals surface area contributed by atoms with Crippen LogP contribution in [0.25, 0.3) is 11.4 Å². The van der Waals surface area contributed by atoms with Gasteiger partial charge in [-0.05, 0) is 49.6 Å². The van der Waals surface area contributed by atoms with Crippen LogP contribution in [0.4, 0.5) is 0 Å². The number of benzene rings is 1. The highest BCUT2D eigenvalue weighted by molar-refractivity contribution is 5.58. The summed E-state index contributed by atoms with van der Waals surface area (Å²) >= 11 is 0. The Morgan fingerprint density at radius 2 is 2.20 bits per heavy atom. The zero-order valence-corrected chi connectivity index (χ0v) is 12.2. The molecule has 0 amide bonds. The van der Waals surface area contributed by atoms with E-state index in [2.05, 4.69) is 17.1 Å². The van der Waals surface area contributed by atoms with E-state index in [-0.39, 0.29) is 0 Å². The summed E-state index contributed by atoms with van der Waals surface area (Å²) in [5.41, 5.74) is 7.58. The Balaban J connectivity index is 2.10. The maximum atomic E-state index is 5.60. The molecular weight excluding hydrogens is 254 g/mol. The molecule has 1 aromatic heterocycles. The largest absolute Gasteiger partial charge is 0.496 e. The summed E-state index contributed by atoms with van der Waals surface area (Å²) in [5, 5.41) is 4.03. The second-order valence-electron chi connectivity index (χ2n) is 5.08. The van der Waals surface area contributed by atoms with Crippen molar-refractivity contribution in [2.24, 2.45) is 11.7 Å². The van der Waals surface area contributed by atoms with Crippen LogP contribution in [0.3, 0.4) is 0 Å². The van der Waals surface area contributed by atoms with Crippen LogP contribution in [0.15, 0.2) is 22.7 Å². The van der Waals surface area contributed by atoms with Crippen molar-refractivity contribution in [1.82, 2.24) is 10.1 Å². The Labute approximate surface area is 119 Å². The van der Waals surface area contributed by atoms with Gasteiger partial charge in [0.2, 0.25) is 11.7 Å². The van der Waals surface area contributed by atoms with Crippen molar-refractivity contribution in [3.63, 3.8) is 0 Å². The van der Waals surface area contributed by atoms with Gasteiger partial charge in [-0.3, -0.25) is 0 Å². The second-order valence-corrected chi connectivity index (χ2v) is 5.08. The standard InChI is InChI=1S/C15H21N3O2/c1-10(9-16)4-7-14-17-15(18-20-14)12-5-6-13(19-3)11(2)8-12/h5-6,8,10H,4,7,9,16H2,1-3H3. The number of nitrogens with two attached hydrogens (primary N) is 1. The number of hydrogen-bond acceptors (Lipinski definition) is 5. The molecule has 0 spiro atoms. The van der Waals surface area contributed by atoms with Crippen molar-refractivity contribution in [2.45, 2.75) is 26.7 Å². The van der Waals surface area contributed by atoms with Gasteiger partial charge in [0.05, 0.1) is 7.11 Å². The third kappa shape index (κ3) is 3.36. The van der Waals surface area contributed by atoms with Gasteiger partial charge >= 0.3 is 0 Å². The summed E-state index contributed by atoms with van der Waals surface area (Å²) in [7, 11) is 1.66. The van der Waals surface area contributed by atoms with Gasteiger partial charge in [-0.25, -0.2) is 0 Å². The van der Waals surface area contributed by atoms with Crippen LogP contribution in [-0.2, 0) is 6.42 Å². The van der Waals surface area contributed by atoms with Crippen molar-refractivity contribution in [2.75, 3.05) is 13.7 Å². The molecule has 0 radical (unpaired) electrons. The smallest absolute Gasteiger partial charge is 0.226 e. The first kappa shape index (κ1) is 14.5. The lowest BCUT2D eigenvalue weighted by Crippen LogP contribution is -2.11. The SMILES string of the molecule is COc1ccc(-c2noc(CCC(C)CN)n2)cc1C.